The van der Waals surface area contributed by atoms with Gasteiger partial charge in [-0.25, -0.2) is 0 Å². The Morgan fingerprint density at radius 2 is 1.72 bits per heavy atom. The highest BCUT2D eigenvalue weighted by Crippen LogP contribution is 2.21. The van der Waals surface area contributed by atoms with E-state index in [4.69, 9.17) is 9.47 Å². The van der Waals surface area contributed by atoms with E-state index in [1.165, 1.54) is 0 Å². The average Bonchev–Trinajstić information content (AvgIpc) is 3.19. The number of anilines is 1. The predicted molar refractivity (Wildman–Crippen MR) is 107 cm³/mol. The van der Waals surface area contributed by atoms with Crippen LogP contribution < -0.4 is 14.4 Å². The van der Waals surface area contributed by atoms with Crippen molar-refractivity contribution in [3.05, 3.63) is 42.2 Å². The van der Waals surface area contributed by atoms with Crippen LogP contribution >= 0.6 is 0 Å². The number of ether oxygens (including phenoxy) is 2. The summed E-state index contributed by atoms with van der Waals surface area (Å²) in [5, 5.41) is 12.6. The van der Waals surface area contributed by atoms with Gasteiger partial charge in [0.2, 0.25) is 11.8 Å². The number of hydrogen-bond donors (Lipinski definition) is 0. The second kappa shape index (κ2) is 8.34. The number of methoxy groups -OCH3 is 2. The maximum absolute atomic E-state index is 12.7. The molecule has 1 aliphatic heterocycles. The number of benzene rings is 1. The molecule has 1 aromatic carbocycles. The molecular weight excluding hydrogens is 372 g/mol. The molecule has 0 radical (unpaired) electrons. The lowest BCUT2D eigenvalue weighted by atomic mass is 10.2. The Balaban J connectivity index is 1.32. The van der Waals surface area contributed by atoms with Crippen molar-refractivity contribution < 1.29 is 14.3 Å². The predicted octanol–water partition coefficient (Wildman–Crippen LogP) is 1.42. The molecule has 1 saturated heterocycles. The van der Waals surface area contributed by atoms with E-state index in [-0.39, 0.29) is 5.91 Å². The molecular formula is C20H24N6O3. The summed E-state index contributed by atoms with van der Waals surface area (Å²) in [4.78, 5) is 16.9. The number of carbonyl (C=O) groups is 1. The highest BCUT2D eigenvalue weighted by Gasteiger charge is 2.22. The zero-order chi connectivity index (χ0) is 20.2. The molecule has 9 heteroatoms. The third-order valence-electron chi connectivity index (χ3n) is 5.14. The fraction of sp³-hybridized carbons (Fsp3) is 0.400. The molecule has 3 aromatic rings. The van der Waals surface area contributed by atoms with E-state index in [2.05, 4.69) is 20.2 Å². The van der Waals surface area contributed by atoms with Crippen molar-refractivity contribution in [1.29, 1.82) is 0 Å². The number of aromatic nitrogens is 4. The molecule has 152 valence electrons. The summed E-state index contributed by atoms with van der Waals surface area (Å²) in [5.74, 6) is 2.11. The fourth-order valence-electron chi connectivity index (χ4n) is 3.47. The van der Waals surface area contributed by atoms with Crippen molar-refractivity contribution in [2.75, 3.05) is 45.3 Å². The molecule has 1 amide bonds. The summed E-state index contributed by atoms with van der Waals surface area (Å²) in [5.41, 5.74) is 1.79. The van der Waals surface area contributed by atoms with Crippen LogP contribution in [0, 0.1) is 0 Å². The van der Waals surface area contributed by atoms with Gasteiger partial charge in [0.25, 0.3) is 0 Å². The van der Waals surface area contributed by atoms with E-state index in [0.29, 0.717) is 43.3 Å². The molecule has 9 nitrogen and oxygen atoms in total. The Morgan fingerprint density at radius 1 is 0.966 bits per heavy atom. The summed E-state index contributed by atoms with van der Waals surface area (Å²) in [6.45, 7) is 3.03. The number of hydrogen-bond acceptors (Lipinski definition) is 7. The lowest BCUT2D eigenvalue weighted by Crippen LogP contribution is -2.48. The van der Waals surface area contributed by atoms with Crippen LogP contribution in [0.1, 0.15) is 12.2 Å². The number of piperazine rings is 1. The Kier molecular flexibility index (Phi) is 5.46. The summed E-state index contributed by atoms with van der Waals surface area (Å²) >= 11 is 0. The molecule has 0 bridgehead atoms. The van der Waals surface area contributed by atoms with Gasteiger partial charge in [0.15, 0.2) is 11.5 Å². The zero-order valence-corrected chi connectivity index (χ0v) is 16.6. The number of fused-ring (bicyclic) bond motifs is 1. The van der Waals surface area contributed by atoms with E-state index in [9.17, 15) is 4.79 Å². The SMILES string of the molecule is COc1ccc(N2CCN(C(=O)CCc3nnc4ccc(OC)nn34)CC2)cc1. The van der Waals surface area contributed by atoms with Crippen LogP contribution in [0.2, 0.25) is 0 Å². The van der Waals surface area contributed by atoms with Crippen LogP contribution in [-0.2, 0) is 11.2 Å². The number of nitrogens with zero attached hydrogens (tertiary/aromatic N) is 6. The van der Waals surface area contributed by atoms with Gasteiger partial charge in [-0.15, -0.1) is 15.3 Å². The third kappa shape index (κ3) is 4.08. The van der Waals surface area contributed by atoms with E-state index >= 15 is 0 Å². The van der Waals surface area contributed by atoms with Crippen LogP contribution in [0.25, 0.3) is 5.65 Å². The molecule has 2 aromatic heterocycles. The quantitative estimate of drug-likeness (QED) is 0.623. The lowest BCUT2D eigenvalue weighted by Gasteiger charge is -2.36. The van der Waals surface area contributed by atoms with Gasteiger partial charge in [0.1, 0.15) is 5.75 Å². The van der Waals surface area contributed by atoms with Crippen molar-refractivity contribution in [2.45, 2.75) is 12.8 Å². The van der Waals surface area contributed by atoms with Gasteiger partial charge in [-0.1, -0.05) is 0 Å². The first-order chi connectivity index (χ1) is 14.2. The highest BCUT2D eigenvalue weighted by molar-refractivity contribution is 5.76. The largest absolute Gasteiger partial charge is 0.497 e. The first-order valence-corrected chi connectivity index (χ1v) is 9.60. The number of carbonyl (C=O) groups excluding carboxylic acids is 1. The van der Waals surface area contributed by atoms with Crippen LogP contribution in [0.4, 0.5) is 5.69 Å². The summed E-state index contributed by atoms with van der Waals surface area (Å²) < 4.78 is 12.0. The lowest BCUT2D eigenvalue weighted by molar-refractivity contribution is -0.131. The Hall–Kier alpha value is -3.36. The van der Waals surface area contributed by atoms with E-state index in [1.807, 2.05) is 29.2 Å². The minimum atomic E-state index is 0.124. The van der Waals surface area contributed by atoms with Crippen molar-refractivity contribution in [3.63, 3.8) is 0 Å². The molecule has 3 heterocycles. The Bertz CT molecular complexity index is 980. The number of amides is 1. The molecule has 0 aliphatic carbocycles. The first-order valence-electron chi connectivity index (χ1n) is 9.60. The number of rotatable bonds is 6. The second-order valence-electron chi connectivity index (χ2n) is 6.83. The van der Waals surface area contributed by atoms with Gasteiger partial charge in [0, 0.05) is 50.8 Å². The fourth-order valence-corrected chi connectivity index (χ4v) is 3.47. The Morgan fingerprint density at radius 3 is 2.41 bits per heavy atom. The maximum Gasteiger partial charge on any atom is 0.231 e. The third-order valence-corrected chi connectivity index (χ3v) is 5.14. The van der Waals surface area contributed by atoms with Crippen molar-refractivity contribution in [3.8, 4) is 11.6 Å². The van der Waals surface area contributed by atoms with Crippen LogP contribution in [0.15, 0.2) is 36.4 Å². The number of aryl methyl sites for hydroxylation is 1. The normalized spacial score (nSPS) is 14.3. The summed E-state index contributed by atoms with van der Waals surface area (Å²) in [6.07, 6.45) is 0.862. The van der Waals surface area contributed by atoms with Gasteiger partial charge in [-0.3, -0.25) is 4.79 Å². The van der Waals surface area contributed by atoms with Crippen molar-refractivity contribution >= 4 is 17.2 Å². The van der Waals surface area contributed by atoms with Crippen LogP contribution in [0.3, 0.4) is 0 Å². The van der Waals surface area contributed by atoms with Gasteiger partial charge >= 0.3 is 0 Å². The van der Waals surface area contributed by atoms with E-state index in [0.717, 1.165) is 24.5 Å². The maximum atomic E-state index is 12.7. The molecule has 1 fully saturated rings. The standard InChI is InChI=1S/C20H24N6O3/c1-28-16-5-3-15(4-6-16)24-11-13-25(14-12-24)20(27)10-8-18-22-21-17-7-9-19(29-2)23-26(17)18/h3-7,9H,8,10-14H2,1-2H3. The molecule has 0 unspecified atom stereocenters. The van der Waals surface area contributed by atoms with Gasteiger partial charge in [0.05, 0.1) is 14.2 Å². The van der Waals surface area contributed by atoms with Gasteiger partial charge < -0.3 is 19.3 Å². The summed E-state index contributed by atoms with van der Waals surface area (Å²) in [6, 6.07) is 11.5. The molecule has 0 N–H and O–H groups in total. The first kappa shape index (κ1) is 19.0. The molecule has 0 saturated carbocycles. The van der Waals surface area contributed by atoms with Gasteiger partial charge in [-0.2, -0.15) is 4.52 Å². The minimum Gasteiger partial charge on any atom is -0.497 e. The molecule has 4 rings (SSSR count). The van der Waals surface area contributed by atoms with Crippen LogP contribution in [0.5, 0.6) is 11.6 Å². The highest BCUT2D eigenvalue weighted by atomic mass is 16.5. The average molecular weight is 396 g/mol. The molecule has 0 atom stereocenters. The van der Waals surface area contributed by atoms with Crippen molar-refractivity contribution in [2.24, 2.45) is 0 Å². The van der Waals surface area contributed by atoms with Crippen LogP contribution in [-0.4, -0.2) is 71.0 Å². The molecule has 1 aliphatic rings. The van der Waals surface area contributed by atoms with Gasteiger partial charge in [-0.05, 0) is 30.3 Å². The summed E-state index contributed by atoms with van der Waals surface area (Å²) in [7, 11) is 3.22. The van der Waals surface area contributed by atoms with E-state index in [1.54, 1.807) is 30.9 Å². The molecule has 29 heavy (non-hydrogen) atoms. The topological polar surface area (TPSA) is 85.1 Å². The Labute approximate surface area is 168 Å². The monoisotopic (exact) mass is 396 g/mol. The van der Waals surface area contributed by atoms with E-state index < -0.39 is 0 Å². The van der Waals surface area contributed by atoms with Crippen molar-refractivity contribution in [1.82, 2.24) is 24.7 Å². The minimum absolute atomic E-state index is 0.124. The zero-order valence-electron chi connectivity index (χ0n) is 16.6. The molecule has 0 spiro atoms. The second-order valence-corrected chi connectivity index (χ2v) is 6.83. The smallest absolute Gasteiger partial charge is 0.231 e.